The molecule has 0 bridgehead atoms. The zero-order valence-electron chi connectivity index (χ0n) is 10.7. The van der Waals surface area contributed by atoms with Gasteiger partial charge in [0, 0.05) is 18.3 Å². The van der Waals surface area contributed by atoms with Gasteiger partial charge in [-0.3, -0.25) is 0 Å². The number of aromatic nitrogens is 2. The van der Waals surface area contributed by atoms with Crippen molar-refractivity contribution in [3.05, 3.63) is 53.1 Å². The number of carboxylic acid groups (broad SMARTS) is 1. The van der Waals surface area contributed by atoms with Crippen LogP contribution in [0.4, 0.5) is 4.79 Å². The van der Waals surface area contributed by atoms with Gasteiger partial charge in [0.2, 0.25) is 0 Å². The van der Waals surface area contributed by atoms with Gasteiger partial charge in [0.15, 0.2) is 0 Å². The maximum Gasteiger partial charge on any atom is 0.417 e. The van der Waals surface area contributed by atoms with Gasteiger partial charge in [-0.25, -0.2) is 14.3 Å². The molecule has 0 spiro atoms. The molecule has 0 aliphatic rings. The fraction of sp³-hybridized carbons (Fsp3) is 0.286. The molecule has 0 saturated carbocycles. The van der Waals surface area contributed by atoms with Crippen molar-refractivity contribution >= 4 is 6.09 Å². The first-order valence-electron chi connectivity index (χ1n) is 5.85. The van der Waals surface area contributed by atoms with Gasteiger partial charge in [-0.15, -0.1) is 0 Å². The molecular weight excluding hydrogens is 228 g/mol. The highest BCUT2D eigenvalue weighted by atomic mass is 16.4. The molecular formula is C14H16N2O2. The van der Waals surface area contributed by atoms with E-state index in [0.717, 1.165) is 5.56 Å². The molecule has 1 N–H and O–H groups in total. The highest BCUT2D eigenvalue weighted by molar-refractivity contribution is 5.69. The van der Waals surface area contributed by atoms with Crippen molar-refractivity contribution in [1.82, 2.24) is 9.55 Å². The van der Waals surface area contributed by atoms with E-state index in [4.69, 9.17) is 5.11 Å². The van der Waals surface area contributed by atoms with Gasteiger partial charge in [-0.1, -0.05) is 25.1 Å². The Bertz CT molecular complexity index is 587. The number of rotatable bonds is 2. The molecule has 1 atom stereocenters. The normalized spacial score (nSPS) is 12.4. The molecule has 0 radical (unpaired) electrons. The molecule has 0 aliphatic carbocycles. The predicted molar refractivity (Wildman–Crippen MR) is 69.1 cm³/mol. The molecule has 0 aliphatic heterocycles. The lowest BCUT2D eigenvalue weighted by Crippen LogP contribution is -2.14. The third-order valence-electron chi connectivity index (χ3n) is 3.38. The minimum Gasteiger partial charge on any atom is -0.464 e. The molecule has 1 heterocycles. The number of hydrogen-bond acceptors (Lipinski definition) is 2. The summed E-state index contributed by atoms with van der Waals surface area (Å²) in [6.07, 6.45) is 1.99. The van der Waals surface area contributed by atoms with Crippen LogP contribution in [0.3, 0.4) is 0 Å². The van der Waals surface area contributed by atoms with E-state index in [1.54, 1.807) is 0 Å². The van der Waals surface area contributed by atoms with Crippen molar-refractivity contribution in [1.29, 1.82) is 0 Å². The van der Waals surface area contributed by atoms with Gasteiger partial charge in [-0.05, 0) is 30.5 Å². The lowest BCUT2D eigenvalue weighted by Gasteiger charge is -2.16. The van der Waals surface area contributed by atoms with Crippen LogP contribution in [-0.4, -0.2) is 20.8 Å². The van der Waals surface area contributed by atoms with E-state index in [0.29, 0.717) is 5.82 Å². The maximum absolute atomic E-state index is 11.1. The number of benzene rings is 1. The van der Waals surface area contributed by atoms with Crippen molar-refractivity contribution in [2.45, 2.75) is 26.7 Å². The van der Waals surface area contributed by atoms with Gasteiger partial charge in [0.05, 0.1) is 0 Å². The first-order chi connectivity index (χ1) is 8.52. The van der Waals surface area contributed by atoms with Crippen molar-refractivity contribution < 1.29 is 9.90 Å². The van der Waals surface area contributed by atoms with E-state index in [9.17, 15) is 4.79 Å². The Morgan fingerprint density at radius 2 is 2.11 bits per heavy atom. The van der Waals surface area contributed by atoms with Crippen LogP contribution in [0.5, 0.6) is 0 Å². The van der Waals surface area contributed by atoms with Crippen LogP contribution in [-0.2, 0) is 0 Å². The topological polar surface area (TPSA) is 55.1 Å². The summed E-state index contributed by atoms with van der Waals surface area (Å²) in [6.45, 7) is 6.08. The Morgan fingerprint density at radius 1 is 1.39 bits per heavy atom. The van der Waals surface area contributed by atoms with Gasteiger partial charge in [0.25, 0.3) is 0 Å². The molecule has 1 aromatic carbocycles. The smallest absolute Gasteiger partial charge is 0.417 e. The lowest BCUT2D eigenvalue weighted by molar-refractivity contribution is 0.195. The van der Waals surface area contributed by atoms with E-state index >= 15 is 0 Å². The van der Waals surface area contributed by atoms with Crippen molar-refractivity contribution in [2.75, 3.05) is 0 Å². The second-order valence-electron chi connectivity index (χ2n) is 4.45. The lowest BCUT2D eigenvalue weighted by atomic mass is 9.93. The highest BCUT2D eigenvalue weighted by Crippen LogP contribution is 2.27. The van der Waals surface area contributed by atoms with Crippen molar-refractivity contribution in [3.63, 3.8) is 0 Å². The molecule has 0 fully saturated rings. The summed E-state index contributed by atoms with van der Waals surface area (Å²) in [5.41, 5.74) is 3.50. The van der Waals surface area contributed by atoms with Crippen LogP contribution >= 0.6 is 0 Å². The predicted octanol–water partition coefficient (Wildman–Crippen LogP) is 3.18. The minimum atomic E-state index is -1.00. The molecule has 0 saturated heterocycles. The van der Waals surface area contributed by atoms with Crippen LogP contribution in [0.2, 0.25) is 0 Å². The van der Waals surface area contributed by atoms with Gasteiger partial charge < -0.3 is 5.11 Å². The van der Waals surface area contributed by atoms with Crippen LogP contribution in [0.15, 0.2) is 30.6 Å². The minimum absolute atomic E-state index is 0.0454. The average molecular weight is 244 g/mol. The van der Waals surface area contributed by atoms with Gasteiger partial charge in [0.1, 0.15) is 5.82 Å². The van der Waals surface area contributed by atoms with E-state index in [2.05, 4.69) is 24.9 Å². The standard InChI is InChI=1S/C14H16N2O2/c1-9-5-4-6-12(10(9)2)11(3)13-15-7-8-16(13)14(17)18/h4-8,11H,1-3H3,(H,17,18). The zero-order chi connectivity index (χ0) is 13.3. The summed E-state index contributed by atoms with van der Waals surface area (Å²) in [5, 5.41) is 9.10. The fourth-order valence-electron chi connectivity index (χ4n) is 2.18. The molecule has 18 heavy (non-hydrogen) atoms. The van der Waals surface area contributed by atoms with E-state index in [-0.39, 0.29) is 5.92 Å². The van der Waals surface area contributed by atoms with E-state index in [1.165, 1.54) is 28.1 Å². The van der Waals surface area contributed by atoms with Crippen molar-refractivity contribution in [2.24, 2.45) is 0 Å². The number of nitrogens with zero attached hydrogens (tertiary/aromatic N) is 2. The first kappa shape index (κ1) is 12.4. The van der Waals surface area contributed by atoms with Gasteiger partial charge in [-0.2, -0.15) is 0 Å². The number of aryl methyl sites for hydroxylation is 1. The Balaban J connectivity index is 2.48. The SMILES string of the molecule is Cc1cccc(C(C)c2nccn2C(=O)O)c1C. The Kier molecular flexibility index (Phi) is 3.19. The second kappa shape index (κ2) is 4.64. The summed E-state index contributed by atoms with van der Waals surface area (Å²) in [4.78, 5) is 15.3. The first-order valence-corrected chi connectivity index (χ1v) is 5.85. The molecule has 4 nitrogen and oxygen atoms in total. The van der Waals surface area contributed by atoms with Crippen molar-refractivity contribution in [3.8, 4) is 0 Å². The van der Waals surface area contributed by atoms with E-state index < -0.39 is 6.09 Å². The molecule has 4 heteroatoms. The molecule has 94 valence electrons. The summed E-state index contributed by atoms with van der Waals surface area (Å²) in [6, 6.07) is 6.06. The number of carbonyl (C=O) groups is 1. The Hall–Kier alpha value is -2.10. The second-order valence-corrected chi connectivity index (χ2v) is 4.45. The summed E-state index contributed by atoms with van der Waals surface area (Å²) < 4.78 is 1.17. The van der Waals surface area contributed by atoms with Crippen LogP contribution in [0.25, 0.3) is 0 Å². The molecule has 2 aromatic rings. The average Bonchev–Trinajstić information content (AvgIpc) is 2.81. The Labute approximate surface area is 106 Å². The third-order valence-corrected chi connectivity index (χ3v) is 3.38. The summed E-state index contributed by atoms with van der Waals surface area (Å²) in [7, 11) is 0. The largest absolute Gasteiger partial charge is 0.464 e. The van der Waals surface area contributed by atoms with Crippen LogP contribution in [0.1, 0.15) is 35.4 Å². The molecule has 1 aromatic heterocycles. The van der Waals surface area contributed by atoms with Gasteiger partial charge >= 0.3 is 6.09 Å². The Morgan fingerprint density at radius 3 is 2.78 bits per heavy atom. The summed E-state index contributed by atoms with van der Waals surface area (Å²) in [5.74, 6) is 0.507. The summed E-state index contributed by atoms with van der Waals surface area (Å²) >= 11 is 0. The number of hydrogen-bond donors (Lipinski definition) is 1. The molecule has 1 unspecified atom stereocenters. The fourth-order valence-corrected chi connectivity index (χ4v) is 2.18. The van der Waals surface area contributed by atoms with Crippen LogP contribution < -0.4 is 0 Å². The maximum atomic E-state index is 11.1. The van der Waals surface area contributed by atoms with Crippen LogP contribution in [0, 0.1) is 13.8 Å². The zero-order valence-corrected chi connectivity index (χ0v) is 10.7. The monoisotopic (exact) mass is 244 g/mol. The third kappa shape index (κ3) is 2.01. The van der Waals surface area contributed by atoms with E-state index in [1.807, 2.05) is 19.1 Å². The molecule has 2 rings (SSSR count). The quantitative estimate of drug-likeness (QED) is 0.882. The molecule has 0 amide bonds. The highest BCUT2D eigenvalue weighted by Gasteiger charge is 2.19. The number of imidazole rings is 1.